The minimum atomic E-state index is -0.993. The summed E-state index contributed by atoms with van der Waals surface area (Å²) in [5, 5.41) is 59.4. The van der Waals surface area contributed by atoms with Gasteiger partial charge in [-0.05, 0) is 132 Å². The number of pyridine rings is 1. The van der Waals surface area contributed by atoms with Crippen LogP contribution in [0.1, 0.15) is 73.1 Å². The number of aromatic hydroxyl groups is 4. The Bertz CT molecular complexity index is 2140. The summed E-state index contributed by atoms with van der Waals surface area (Å²) in [5.74, 6) is -0.672. The number of aryl methyl sites for hydroxylation is 2. The third kappa shape index (κ3) is 7.03. The molecule has 1 aliphatic carbocycles. The van der Waals surface area contributed by atoms with E-state index in [0.29, 0.717) is 42.8 Å². The van der Waals surface area contributed by atoms with Crippen LogP contribution in [-0.2, 0) is 23.1 Å². The van der Waals surface area contributed by atoms with Gasteiger partial charge in [-0.1, -0.05) is 31.0 Å². The fourth-order valence-electron chi connectivity index (χ4n) is 8.83. The van der Waals surface area contributed by atoms with Crippen LogP contribution in [0.4, 0.5) is 11.5 Å². The molecule has 0 saturated heterocycles. The summed E-state index contributed by atoms with van der Waals surface area (Å²) in [7, 11) is 2.91. The lowest BCUT2D eigenvalue weighted by molar-refractivity contribution is -0.130. The van der Waals surface area contributed by atoms with Crippen LogP contribution in [0.25, 0.3) is 10.8 Å². The van der Waals surface area contributed by atoms with Crippen molar-refractivity contribution in [1.82, 2.24) is 4.98 Å². The summed E-state index contributed by atoms with van der Waals surface area (Å²) >= 11 is 0. The number of ketones is 1. The number of carbonyl (C=O) groups excluding carboxylic acids is 1. The maximum atomic E-state index is 15.1. The maximum absolute atomic E-state index is 15.1. The molecule has 7 rings (SSSR count). The van der Waals surface area contributed by atoms with Crippen molar-refractivity contribution in [1.29, 1.82) is 0 Å². The number of Topliss-reactive ketones (excluding diaryl/α,β-unsaturated/α-hetero) is 1. The average molecular weight is 719 g/mol. The third-order valence-corrected chi connectivity index (χ3v) is 11.5. The van der Waals surface area contributed by atoms with Crippen molar-refractivity contribution < 1.29 is 39.8 Å². The summed E-state index contributed by atoms with van der Waals surface area (Å²) in [4.78, 5) is 19.8. The van der Waals surface area contributed by atoms with Gasteiger partial charge in [-0.3, -0.25) is 4.79 Å². The molecule has 0 radical (unpaired) electrons. The standard InChI is InChI=1S/C43H46N2O8/c1-52-38-19-25(5-13-34(38)47)6-14-35(48)41-36(49)21-26(28-22-37(50)42(51)39(23-28)53-2)7-10-32-31-11-9-30(46)20-27(31)8-12-33(32)45-40-24-29(15-18-44-40)43(41)16-3-4-17-43/h5,8-9,11-13,15,18-20,22-24,26,35,41,46-48,50-51H,3-4,6-7,10,14,16-17,21H2,1-2H3,(H,44,45)/t26-,35-,41+/m1/s1. The first-order chi connectivity index (χ1) is 25.6. The number of hydrogen-bond donors (Lipinski definition) is 6. The predicted octanol–water partition coefficient (Wildman–Crippen LogP) is 7.93. The minimum Gasteiger partial charge on any atom is -0.508 e. The lowest BCUT2D eigenvalue weighted by atomic mass is 9.63. The molecule has 1 aliphatic heterocycles. The van der Waals surface area contributed by atoms with E-state index in [1.807, 2.05) is 30.3 Å². The normalized spacial score (nSPS) is 19.0. The van der Waals surface area contributed by atoms with Crippen molar-refractivity contribution in [2.24, 2.45) is 5.92 Å². The number of rotatable bonds is 7. The molecule has 2 bridgehead atoms. The molecule has 10 heteroatoms. The summed E-state index contributed by atoms with van der Waals surface area (Å²) in [6, 6.07) is 21.5. The molecule has 276 valence electrons. The number of phenols is 4. The van der Waals surface area contributed by atoms with E-state index >= 15 is 4.79 Å². The van der Waals surface area contributed by atoms with Crippen LogP contribution in [0.3, 0.4) is 0 Å². The zero-order chi connectivity index (χ0) is 37.3. The highest BCUT2D eigenvalue weighted by atomic mass is 16.5. The number of aliphatic hydroxyl groups excluding tert-OH is 1. The van der Waals surface area contributed by atoms with Crippen LogP contribution in [0, 0.1) is 5.92 Å². The summed E-state index contributed by atoms with van der Waals surface area (Å²) in [6.07, 6.45) is 5.89. The molecule has 2 aliphatic rings. The van der Waals surface area contributed by atoms with Crippen LogP contribution in [-0.4, -0.2) is 56.6 Å². The highest BCUT2D eigenvalue weighted by Crippen LogP contribution is 2.51. The van der Waals surface area contributed by atoms with Crippen LogP contribution < -0.4 is 14.8 Å². The van der Waals surface area contributed by atoms with Crippen LogP contribution in [0.15, 0.2) is 79.0 Å². The molecule has 10 nitrogen and oxygen atoms in total. The van der Waals surface area contributed by atoms with Crippen LogP contribution >= 0.6 is 0 Å². The molecule has 0 amide bonds. The second kappa shape index (κ2) is 14.9. The van der Waals surface area contributed by atoms with Crippen molar-refractivity contribution in [2.75, 3.05) is 19.5 Å². The van der Waals surface area contributed by atoms with E-state index in [-0.39, 0.29) is 41.0 Å². The first-order valence-electron chi connectivity index (χ1n) is 18.2. The van der Waals surface area contributed by atoms with Gasteiger partial charge in [-0.2, -0.15) is 0 Å². The Morgan fingerprint density at radius 2 is 1.68 bits per heavy atom. The third-order valence-electron chi connectivity index (χ3n) is 11.5. The number of anilines is 2. The summed E-state index contributed by atoms with van der Waals surface area (Å²) in [6.45, 7) is 0. The number of hydrogen-bond acceptors (Lipinski definition) is 10. The van der Waals surface area contributed by atoms with E-state index in [1.54, 1.807) is 42.6 Å². The van der Waals surface area contributed by atoms with Gasteiger partial charge in [0.2, 0.25) is 5.75 Å². The number of ether oxygens (including phenoxy) is 2. The molecule has 1 saturated carbocycles. The smallest absolute Gasteiger partial charge is 0.200 e. The molecule has 6 N–H and O–H groups in total. The molecular formula is C43H46N2O8. The zero-order valence-corrected chi connectivity index (χ0v) is 30.0. The Balaban J connectivity index is 1.36. The summed E-state index contributed by atoms with van der Waals surface area (Å²) in [5.41, 5.74) is 3.64. The van der Waals surface area contributed by atoms with E-state index in [4.69, 9.17) is 14.5 Å². The monoisotopic (exact) mass is 718 g/mol. The zero-order valence-electron chi connectivity index (χ0n) is 30.0. The fourth-order valence-corrected chi connectivity index (χ4v) is 8.83. The number of phenolic OH excluding ortho intramolecular Hbond substituents is 4. The molecule has 1 spiro atoms. The van der Waals surface area contributed by atoms with Crippen LogP contribution in [0.5, 0.6) is 34.5 Å². The van der Waals surface area contributed by atoms with Gasteiger partial charge in [0.05, 0.1) is 26.2 Å². The lowest BCUT2D eigenvalue weighted by Crippen LogP contribution is -2.45. The van der Waals surface area contributed by atoms with Gasteiger partial charge in [0.15, 0.2) is 23.0 Å². The minimum absolute atomic E-state index is 0.0328. The molecule has 1 fully saturated rings. The van der Waals surface area contributed by atoms with Crippen LogP contribution in [0.2, 0.25) is 0 Å². The summed E-state index contributed by atoms with van der Waals surface area (Å²) < 4.78 is 10.7. The Kier molecular flexibility index (Phi) is 10.1. The van der Waals surface area contributed by atoms with E-state index < -0.39 is 23.4 Å². The molecule has 0 unspecified atom stereocenters. The second-order valence-electron chi connectivity index (χ2n) is 14.5. The largest absolute Gasteiger partial charge is 0.508 e. The number of nitrogens with zero attached hydrogens (tertiary/aromatic N) is 1. The van der Waals surface area contributed by atoms with Crippen molar-refractivity contribution in [3.05, 3.63) is 101 Å². The Morgan fingerprint density at radius 3 is 2.45 bits per heavy atom. The van der Waals surface area contributed by atoms with Gasteiger partial charge in [-0.15, -0.1) is 0 Å². The highest BCUT2D eigenvalue weighted by molar-refractivity contribution is 5.92. The molecule has 4 aromatic carbocycles. The highest BCUT2D eigenvalue weighted by Gasteiger charge is 2.49. The van der Waals surface area contributed by atoms with Gasteiger partial charge in [0, 0.05) is 23.7 Å². The van der Waals surface area contributed by atoms with Gasteiger partial charge < -0.3 is 40.3 Å². The van der Waals surface area contributed by atoms with Crippen molar-refractivity contribution in [3.63, 3.8) is 0 Å². The molecule has 5 aromatic rings. The van der Waals surface area contributed by atoms with Gasteiger partial charge in [0.1, 0.15) is 17.4 Å². The fraction of sp³-hybridized carbons (Fsp3) is 0.349. The van der Waals surface area contributed by atoms with Gasteiger partial charge >= 0.3 is 0 Å². The number of methoxy groups -OCH3 is 2. The molecular weight excluding hydrogens is 672 g/mol. The van der Waals surface area contributed by atoms with Crippen molar-refractivity contribution in [2.45, 2.75) is 75.2 Å². The Hall–Kier alpha value is -5.48. The number of benzene rings is 4. The van der Waals surface area contributed by atoms with E-state index in [1.165, 1.54) is 20.3 Å². The number of fused-ring (bicyclic) bond motifs is 6. The lowest BCUT2D eigenvalue weighted by Gasteiger charge is -2.41. The van der Waals surface area contributed by atoms with E-state index in [2.05, 4.69) is 5.32 Å². The SMILES string of the molecule is COc1cc(CC[C@@H](O)[C@H]2C(=O)C[C@H](c3cc(O)c(O)c(OC)c3)CCc3c(ccc4cc(O)ccc34)Nc3cc(ccn3)C23CCCC3)ccc1O. The maximum Gasteiger partial charge on any atom is 0.200 e. The predicted molar refractivity (Wildman–Crippen MR) is 203 cm³/mol. The second-order valence-corrected chi connectivity index (χ2v) is 14.5. The number of carbonyl (C=O) groups is 1. The van der Waals surface area contributed by atoms with Gasteiger partial charge in [0.25, 0.3) is 0 Å². The average Bonchev–Trinajstić information content (AvgIpc) is 3.65. The number of aromatic nitrogens is 1. The van der Waals surface area contributed by atoms with Gasteiger partial charge in [-0.25, -0.2) is 4.98 Å². The first-order valence-corrected chi connectivity index (χ1v) is 18.2. The van der Waals surface area contributed by atoms with Crippen molar-refractivity contribution in [3.8, 4) is 34.5 Å². The van der Waals surface area contributed by atoms with Crippen molar-refractivity contribution >= 4 is 28.1 Å². The first kappa shape index (κ1) is 35.9. The molecule has 53 heavy (non-hydrogen) atoms. The Morgan fingerprint density at radius 1 is 0.887 bits per heavy atom. The quantitative estimate of drug-likeness (QED) is 0.0912. The van der Waals surface area contributed by atoms with E-state index in [0.717, 1.165) is 58.8 Å². The molecule has 3 atom stereocenters. The topological polar surface area (TPSA) is 162 Å². The molecule has 2 heterocycles. The number of nitrogens with one attached hydrogen (secondary N) is 1. The van der Waals surface area contributed by atoms with E-state index in [9.17, 15) is 25.5 Å². The molecule has 1 aromatic heterocycles. The Labute approximate surface area is 308 Å². The number of aliphatic hydroxyl groups is 1.